The highest BCUT2D eigenvalue weighted by atomic mass is 15.3. The van der Waals surface area contributed by atoms with Gasteiger partial charge in [-0.25, -0.2) is 4.68 Å². The number of benzene rings is 2. The van der Waals surface area contributed by atoms with Crippen molar-refractivity contribution in [2.24, 2.45) is 0 Å². The van der Waals surface area contributed by atoms with E-state index in [1.165, 1.54) is 5.56 Å². The normalized spacial score (nSPS) is 10.7. The fourth-order valence-corrected chi connectivity index (χ4v) is 2.52. The smallest absolute Gasteiger partial charge is 0.0998 e. The summed E-state index contributed by atoms with van der Waals surface area (Å²) < 4.78 is 1.97. The molecule has 20 heavy (non-hydrogen) atoms. The fraction of sp³-hybridized carbons (Fsp3) is 0.176. The molecule has 0 saturated heterocycles. The molecule has 0 aliphatic rings. The molecule has 3 rings (SSSR count). The molecule has 2 aromatic carbocycles. The molecule has 0 unspecified atom stereocenters. The van der Waals surface area contributed by atoms with Crippen LogP contribution >= 0.6 is 0 Å². The minimum atomic E-state index is 0.697. The van der Waals surface area contributed by atoms with Crippen molar-refractivity contribution in [2.75, 3.05) is 0 Å². The minimum absolute atomic E-state index is 0.697. The van der Waals surface area contributed by atoms with E-state index in [9.17, 15) is 5.26 Å². The van der Waals surface area contributed by atoms with Crippen LogP contribution in [0.3, 0.4) is 0 Å². The van der Waals surface area contributed by atoms with E-state index >= 15 is 0 Å². The molecule has 0 N–H and O–H groups in total. The Morgan fingerprint density at radius 1 is 1.00 bits per heavy atom. The van der Waals surface area contributed by atoms with Crippen molar-refractivity contribution in [1.82, 2.24) is 9.78 Å². The Kier molecular flexibility index (Phi) is 2.80. The summed E-state index contributed by atoms with van der Waals surface area (Å²) in [4.78, 5) is 0. The summed E-state index contributed by atoms with van der Waals surface area (Å²) in [5, 5.41) is 15.9. The van der Waals surface area contributed by atoms with Gasteiger partial charge in [0.15, 0.2) is 0 Å². The Bertz CT molecular complexity index is 851. The first-order valence-corrected chi connectivity index (χ1v) is 6.58. The number of rotatable bonds is 1. The monoisotopic (exact) mass is 261 g/mol. The summed E-state index contributed by atoms with van der Waals surface area (Å²) in [7, 11) is 0. The van der Waals surface area contributed by atoms with Gasteiger partial charge in [0.2, 0.25) is 0 Å². The second-order valence-corrected chi connectivity index (χ2v) is 5.00. The summed E-state index contributed by atoms with van der Waals surface area (Å²) in [5.74, 6) is 0. The van der Waals surface area contributed by atoms with Crippen LogP contribution in [0, 0.1) is 32.1 Å². The van der Waals surface area contributed by atoms with Gasteiger partial charge in [-0.15, -0.1) is 0 Å². The average Bonchev–Trinajstić information content (AvgIpc) is 2.73. The van der Waals surface area contributed by atoms with E-state index in [2.05, 4.69) is 25.0 Å². The summed E-state index contributed by atoms with van der Waals surface area (Å²) in [5.41, 5.74) is 5.10. The lowest BCUT2D eigenvalue weighted by atomic mass is 10.0. The Labute approximate surface area is 118 Å². The summed E-state index contributed by atoms with van der Waals surface area (Å²) in [6.07, 6.45) is 0. The van der Waals surface area contributed by atoms with Gasteiger partial charge in [-0.2, -0.15) is 10.4 Å². The van der Waals surface area contributed by atoms with Gasteiger partial charge in [-0.1, -0.05) is 24.3 Å². The highest BCUT2D eigenvalue weighted by Gasteiger charge is 2.12. The number of hydrogen-bond acceptors (Lipinski definition) is 2. The fourth-order valence-electron chi connectivity index (χ4n) is 2.52. The molecule has 0 aliphatic carbocycles. The molecule has 0 saturated carbocycles. The number of aromatic nitrogens is 2. The highest BCUT2D eigenvalue weighted by Crippen LogP contribution is 2.27. The quantitative estimate of drug-likeness (QED) is 0.668. The topological polar surface area (TPSA) is 41.6 Å². The minimum Gasteiger partial charge on any atom is -0.237 e. The maximum Gasteiger partial charge on any atom is 0.0998 e. The van der Waals surface area contributed by atoms with Crippen LogP contribution in [0.2, 0.25) is 0 Å². The molecular formula is C17H15N3. The zero-order valence-electron chi connectivity index (χ0n) is 11.8. The summed E-state index contributed by atoms with van der Waals surface area (Å²) >= 11 is 0. The average molecular weight is 261 g/mol. The first-order chi connectivity index (χ1) is 9.63. The van der Waals surface area contributed by atoms with E-state index in [4.69, 9.17) is 0 Å². The van der Waals surface area contributed by atoms with E-state index in [0.29, 0.717) is 5.56 Å². The van der Waals surface area contributed by atoms with E-state index < -0.39 is 0 Å². The largest absolute Gasteiger partial charge is 0.237 e. The van der Waals surface area contributed by atoms with Crippen LogP contribution in [0.5, 0.6) is 0 Å². The molecule has 0 fully saturated rings. The lowest BCUT2D eigenvalue weighted by Gasteiger charge is -2.10. The predicted octanol–water partition coefficient (Wildman–Crippen LogP) is 3.82. The number of nitrogens with zero attached hydrogens (tertiary/aromatic N) is 3. The molecule has 0 atom stereocenters. The molecule has 0 radical (unpaired) electrons. The molecule has 0 amide bonds. The lowest BCUT2D eigenvalue weighted by Crippen LogP contribution is -2.01. The maximum absolute atomic E-state index is 9.23. The van der Waals surface area contributed by atoms with Gasteiger partial charge in [0.25, 0.3) is 0 Å². The van der Waals surface area contributed by atoms with Gasteiger partial charge in [0.1, 0.15) is 0 Å². The molecule has 0 aliphatic heterocycles. The number of nitriles is 1. The van der Waals surface area contributed by atoms with Crippen LogP contribution in [-0.2, 0) is 0 Å². The third kappa shape index (κ3) is 1.70. The first kappa shape index (κ1) is 12.4. The van der Waals surface area contributed by atoms with Crippen LogP contribution in [-0.4, -0.2) is 9.78 Å². The van der Waals surface area contributed by atoms with E-state index in [-0.39, 0.29) is 0 Å². The van der Waals surface area contributed by atoms with Crippen molar-refractivity contribution in [2.45, 2.75) is 20.8 Å². The third-order valence-electron chi connectivity index (χ3n) is 3.90. The Hall–Kier alpha value is -2.60. The van der Waals surface area contributed by atoms with Crippen LogP contribution in [0.25, 0.3) is 16.5 Å². The molecule has 3 heteroatoms. The second-order valence-electron chi connectivity index (χ2n) is 5.00. The predicted molar refractivity (Wildman–Crippen MR) is 80.0 cm³/mol. The lowest BCUT2D eigenvalue weighted by molar-refractivity contribution is 0.839. The van der Waals surface area contributed by atoms with Crippen LogP contribution in [0.15, 0.2) is 36.4 Å². The van der Waals surface area contributed by atoms with Gasteiger partial charge in [0, 0.05) is 16.5 Å². The third-order valence-corrected chi connectivity index (χ3v) is 3.90. The molecule has 1 aromatic heterocycles. The van der Waals surface area contributed by atoms with E-state index in [1.54, 1.807) is 0 Å². The Morgan fingerprint density at radius 2 is 1.70 bits per heavy atom. The zero-order valence-corrected chi connectivity index (χ0v) is 11.8. The van der Waals surface area contributed by atoms with Gasteiger partial charge in [-0.3, -0.25) is 0 Å². The van der Waals surface area contributed by atoms with Crippen molar-refractivity contribution < 1.29 is 0 Å². The standard InChI is InChI=1S/C17H15N3/c1-11-12(2)19-20(13(11)3)17-9-8-14(10-18)15-6-4-5-7-16(15)17/h4-9H,1-3H3. The van der Waals surface area contributed by atoms with Gasteiger partial charge < -0.3 is 0 Å². The van der Waals surface area contributed by atoms with Crippen molar-refractivity contribution >= 4 is 10.8 Å². The SMILES string of the molecule is Cc1nn(-c2ccc(C#N)c3ccccc23)c(C)c1C. The highest BCUT2D eigenvalue weighted by molar-refractivity contribution is 5.94. The molecule has 3 aromatic rings. The van der Waals surface area contributed by atoms with Gasteiger partial charge in [-0.05, 0) is 38.5 Å². The molecular weight excluding hydrogens is 246 g/mol. The van der Waals surface area contributed by atoms with Crippen molar-refractivity contribution in [1.29, 1.82) is 5.26 Å². The van der Waals surface area contributed by atoms with Crippen molar-refractivity contribution in [3.05, 3.63) is 58.9 Å². The van der Waals surface area contributed by atoms with E-state index in [0.717, 1.165) is 27.8 Å². The number of fused-ring (bicyclic) bond motifs is 1. The van der Waals surface area contributed by atoms with Crippen LogP contribution in [0.4, 0.5) is 0 Å². The number of hydrogen-bond donors (Lipinski definition) is 0. The van der Waals surface area contributed by atoms with E-state index in [1.807, 2.05) is 48.0 Å². The maximum atomic E-state index is 9.23. The van der Waals surface area contributed by atoms with Crippen molar-refractivity contribution in [3.8, 4) is 11.8 Å². The first-order valence-electron chi connectivity index (χ1n) is 6.58. The van der Waals surface area contributed by atoms with Crippen molar-refractivity contribution in [3.63, 3.8) is 0 Å². The van der Waals surface area contributed by atoms with Gasteiger partial charge >= 0.3 is 0 Å². The molecule has 3 nitrogen and oxygen atoms in total. The Balaban J connectivity index is 2.38. The summed E-state index contributed by atoms with van der Waals surface area (Å²) in [6, 6.07) is 14.1. The molecule has 1 heterocycles. The zero-order chi connectivity index (χ0) is 14.3. The van der Waals surface area contributed by atoms with Crippen LogP contribution in [0.1, 0.15) is 22.5 Å². The van der Waals surface area contributed by atoms with Gasteiger partial charge in [0.05, 0.1) is 23.0 Å². The second kappa shape index (κ2) is 4.50. The molecule has 0 bridgehead atoms. The molecule has 98 valence electrons. The van der Waals surface area contributed by atoms with Crippen LogP contribution < -0.4 is 0 Å². The Morgan fingerprint density at radius 3 is 2.30 bits per heavy atom. The summed E-state index contributed by atoms with van der Waals surface area (Å²) in [6.45, 7) is 6.17. The molecule has 0 spiro atoms. The number of aryl methyl sites for hydroxylation is 1.